The van der Waals surface area contributed by atoms with Crippen molar-refractivity contribution in [2.24, 2.45) is 11.7 Å². The molecule has 0 unspecified atom stereocenters. The summed E-state index contributed by atoms with van der Waals surface area (Å²) < 4.78 is 5.43. The fourth-order valence-electron chi connectivity index (χ4n) is 3.37. The van der Waals surface area contributed by atoms with Gasteiger partial charge in [-0.05, 0) is 63.4 Å². The lowest BCUT2D eigenvalue weighted by Gasteiger charge is -2.40. The molecule has 2 saturated carbocycles. The highest BCUT2D eigenvalue weighted by Crippen LogP contribution is 2.35. The van der Waals surface area contributed by atoms with E-state index in [0.717, 1.165) is 56.9 Å². The number of ether oxygens (including phenoxy) is 1. The summed E-state index contributed by atoms with van der Waals surface area (Å²) in [5, 5.41) is 12.9. The Kier molecular flexibility index (Phi) is 6.95. The molecule has 25 heavy (non-hydrogen) atoms. The molecule has 0 aliphatic heterocycles. The van der Waals surface area contributed by atoms with E-state index in [1.54, 1.807) is 13.2 Å². The van der Waals surface area contributed by atoms with Gasteiger partial charge >= 0.3 is 6.03 Å². The van der Waals surface area contributed by atoms with Gasteiger partial charge in [-0.1, -0.05) is 24.5 Å². The second kappa shape index (κ2) is 8.96. The zero-order chi connectivity index (χ0) is 18.3. The Morgan fingerprint density at radius 1 is 1.32 bits per heavy atom. The Morgan fingerprint density at radius 2 is 2.00 bits per heavy atom. The van der Waals surface area contributed by atoms with Crippen molar-refractivity contribution < 1.29 is 14.6 Å². The lowest BCUT2D eigenvalue weighted by atomic mass is 9.76. The number of nitrogens with two attached hydrogens (primary N) is 1. The molecule has 138 valence electrons. The van der Waals surface area contributed by atoms with Crippen LogP contribution in [-0.2, 0) is 4.74 Å². The maximum absolute atomic E-state index is 11.5. The molecule has 0 aromatic rings. The number of hydrogen-bond acceptors (Lipinski definition) is 3. The van der Waals surface area contributed by atoms with Gasteiger partial charge in [-0.15, -0.1) is 0 Å². The van der Waals surface area contributed by atoms with Gasteiger partial charge < -0.3 is 20.9 Å². The van der Waals surface area contributed by atoms with E-state index >= 15 is 0 Å². The Morgan fingerprint density at radius 3 is 2.52 bits per heavy atom. The summed E-state index contributed by atoms with van der Waals surface area (Å²) in [5.74, 6) is 6.40. The van der Waals surface area contributed by atoms with Gasteiger partial charge in [-0.3, -0.25) is 0 Å². The van der Waals surface area contributed by atoms with Crippen LogP contribution in [0.15, 0.2) is 23.5 Å². The summed E-state index contributed by atoms with van der Waals surface area (Å²) in [6.07, 6.45) is 11.2. The van der Waals surface area contributed by atoms with Gasteiger partial charge in [0.2, 0.25) is 0 Å². The van der Waals surface area contributed by atoms with Crippen molar-refractivity contribution in [1.29, 1.82) is 0 Å². The number of carbonyl (C=O) groups excluding carboxylic acids is 1. The predicted molar refractivity (Wildman–Crippen MR) is 98.9 cm³/mol. The molecule has 0 radical (unpaired) electrons. The summed E-state index contributed by atoms with van der Waals surface area (Å²) in [5.41, 5.74) is 6.25. The van der Waals surface area contributed by atoms with E-state index in [0.29, 0.717) is 5.92 Å². The number of hydrogen-bond donors (Lipinski definition) is 3. The van der Waals surface area contributed by atoms with Gasteiger partial charge in [-0.25, -0.2) is 4.79 Å². The van der Waals surface area contributed by atoms with Crippen LogP contribution < -0.4 is 11.1 Å². The monoisotopic (exact) mass is 346 g/mol. The molecular formula is C20H30N2O3. The average molecular weight is 346 g/mol. The van der Waals surface area contributed by atoms with Crippen LogP contribution in [0.1, 0.15) is 58.3 Å². The predicted octanol–water partition coefficient (Wildman–Crippen LogP) is 3.56. The number of carbonyl (C=O) groups is 1. The van der Waals surface area contributed by atoms with Crippen molar-refractivity contribution in [1.82, 2.24) is 5.32 Å². The summed E-state index contributed by atoms with van der Waals surface area (Å²) in [4.78, 5) is 11.5. The summed E-state index contributed by atoms with van der Waals surface area (Å²) in [6.45, 7) is 2.07. The van der Waals surface area contributed by atoms with Crippen LogP contribution in [-0.4, -0.2) is 29.9 Å². The molecule has 2 rings (SSSR count). The first kappa shape index (κ1) is 19.4. The highest BCUT2D eigenvalue weighted by Gasteiger charge is 2.36. The van der Waals surface area contributed by atoms with Crippen LogP contribution in [0.25, 0.3) is 0 Å². The van der Waals surface area contributed by atoms with E-state index in [2.05, 4.69) is 24.1 Å². The maximum atomic E-state index is 11.5. The topological polar surface area (TPSA) is 84.6 Å². The third-order valence-corrected chi connectivity index (χ3v) is 5.09. The van der Waals surface area contributed by atoms with Gasteiger partial charge in [0.15, 0.2) is 5.76 Å². The third kappa shape index (κ3) is 6.47. The lowest BCUT2D eigenvalue weighted by Crippen LogP contribution is -2.53. The molecule has 0 aromatic carbocycles. The largest absolute Gasteiger partial charge is 0.501 e. The van der Waals surface area contributed by atoms with Gasteiger partial charge in [0.1, 0.15) is 0 Å². The summed E-state index contributed by atoms with van der Waals surface area (Å²) in [6, 6.07) is -0.486. The van der Waals surface area contributed by atoms with Gasteiger partial charge in [0.25, 0.3) is 0 Å². The molecule has 0 saturated heterocycles. The van der Waals surface area contributed by atoms with Gasteiger partial charge in [-0.2, -0.15) is 0 Å². The third-order valence-electron chi connectivity index (χ3n) is 5.09. The van der Waals surface area contributed by atoms with Crippen molar-refractivity contribution in [2.45, 2.75) is 69.9 Å². The number of nitrogens with one attached hydrogen (secondary N) is 1. The van der Waals surface area contributed by atoms with E-state index in [1.165, 1.54) is 0 Å². The molecule has 5 heteroatoms. The van der Waals surface area contributed by atoms with Crippen LogP contribution in [0.4, 0.5) is 4.79 Å². The zero-order valence-electron chi connectivity index (χ0n) is 15.3. The zero-order valence-corrected chi connectivity index (χ0v) is 15.3. The Labute approximate surface area is 150 Å². The molecule has 4 N–H and O–H groups in total. The van der Waals surface area contributed by atoms with Gasteiger partial charge in [0, 0.05) is 18.6 Å². The van der Waals surface area contributed by atoms with Crippen LogP contribution >= 0.6 is 0 Å². The van der Waals surface area contributed by atoms with Crippen molar-refractivity contribution in [2.75, 3.05) is 7.11 Å². The molecule has 0 atom stereocenters. The number of allylic oxidation sites excluding steroid dienone is 3. The summed E-state index contributed by atoms with van der Waals surface area (Å²) >= 11 is 0. The molecule has 0 spiro atoms. The molecule has 2 fully saturated rings. The Bertz CT molecular complexity index is 586. The number of urea groups is 1. The van der Waals surface area contributed by atoms with Crippen LogP contribution in [0.2, 0.25) is 0 Å². The Hall–Kier alpha value is -1.93. The minimum atomic E-state index is -0.486. The molecule has 0 aromatic heterocycles. The summed E-state index contributed by atoms with van der Waals surface area (Å²) in [7, 11) is 1.73. The number of primary amides is 1. The fraction of sp³-hybridized carbons (Fsp3) is 0.650. The average Bonchev–Trinajstić information content (AvgIpc) is 3.41. The smallest absolute Gasteiger partial charge is 0.312 e. The van der Waals surface area contributed by atoms with E-state index in [4.69, 9.17) is 10.5 Å². The number of aliphatic hydroxyl groups excluding tert-OH is 1. The van der Waals surface area contributed by atoms with Crippen molar-refractivity contribution >= 4 is 6.03 Å². The quantitative estimate of drug-likeness (QED) is 0.390. The van der Waals surface area contributed by atoms with E-state index < -0.39 is 6.03 Å². The van der Waals surface area contributed by atoms with Crippen molar-refractivity contribution in [3.63, 3.8) is 0 Å². The first-order valence-electron chi connectivity index (χ1n) is 9.17. The van der Waals surface area contributed by atoms with E-state index in [1.807, 2.05) is 6.08 Å². The highest BCUT2D eigenvalue weighted by molar-refractivity contribution is 5.72. The molecule has 2 aliphatic carbocycles. The first-order valence-corrected chi connectivity index (χ1v) is 9.17. The normalized spacial score (nSPS) is 27.4. The lowest BCUT2D eigenvalue weighted by molar-refractivity contribution is 0.0438. The van der Waals surface area contributed by atoms with Crippen molar-refractivity contribution in [3.8, 4) is 11.8 Å². The second-order valence-electron chi connectivity index (χ2n) is 7.16. The maximum Gasteiger partial charge on any atom is 0.312 e. The highest BCUT2D eigenvalue weighted by atomic mass is 16.5. The molecule has 5 nitrogen and oxygen atoms in total. The standard InChI is InChI=1S/C20H30N2O3/c1-3-15(6-8-17(23)9-7-16-4-5-16)14-20(22-19(21)24)12-10-18(25-2)11-13-20/h6,8,16,18,23H,3-5,10-14H2,1-2H3,(H3,21,22,24)/b15-6+,17-8-. The SMILES string of the molecule is CC/C(=C\C=C(/O)C#CC1CC1)CC1(NC(N)=O)CCC(OC)CC1. The Balaban J connectivity index is 2.06. The molecule has 0 bridgehead atoms. The number of rotatable bonds is 6. The van der Waals surface area contributed by atoms with Crippen LogP contribution in [0.3, 0.4) is 0 Å². The molecule has 2 amide bonds. The van der Waals surface area contributed by atoms with Crippen molar-refractivity contribution in [3.05, 3.63) is 23.5 Å². The first-order chi connectivity index (χ1) is 12.0. The van der Waals surface area contributed by atoms with E-state index in [9.17, 15) is 9.90 Å². The minimum Gasteiger partial charge on any atom is -0.501 e. The fourth-order valence-corrected chi connectivity index (χ4v) is 3.37. The van der Waals surface area contributed by atoms with Crippen LogP contribution in [0.5, 0.6) is 0 Å². The number of amides is 2. The number of aliphatic hydroxyl groups is 1. The van der Waals surface area contributed by atoms with E-state index in [-0.39, 0.29) is 17.4 Å². The van der Waals surface area contributed by atoms with Crippen LogP contribution in [0, 0.1) is 17.8 Å². The molecule has 2 aliphatic rings. The minimum absolute atomic E-state index is 0.0952. The number of methoxy groups -OCH3 is 1. The molecular weight excluding hydrogens is 316 g/mol. The van der Waals surface area contributed by atoms with Gasteiger partial charge in [0.05, 0.1) is 6.10 Å². The molecule has 0 heterocycles. The second-order valence-corrected chi connectivity index (χ2v) is 7.16.